The Labute approximate surface area is 167 Å². The van der Waals surface area contributed by atoms with Crippen molar-refractivity contribution in [1.29, 1.82) is 0 Å². The second-order valence-electron chi connectivity index (χ2n) is 7.26. The Kier molecular flexibility index (Phi) is 9.88. The summed E-state index contributed by atoms with van der Waals surface area (Å²) < 4.78 is 28.1. The average molecular weight is 390 g/mol. The molecule has 4 nitrogen and oxygen atoms in total. The molecule has 0 aliphatic rings. The fraction of sp³-hybridized carbons (Fsp3) is 0.524. The Hall–Kier alpha value is -1.53. The molecule has 27 heavy (non-hydrogen) atoms. The summed E-state index contributed by atoms with van der Waals surface area (Å²) in [7, 11) is -0.0858. The van der Waals surface area contributed by atoms with Crippen LogP contribution in [0, 0.1) is 0 Å². The zero-order valence-corrected chi connectivity index (χ0v) is 18.4. The van der Waals surface area contributed by atoms with E-state index in [2.05, 4.69) is 20.4 Å². The van der Waals surface area contributed by atoms with E-state index in [0.717, 1.165) is 24.8 Å². The molecule has 0 amide bonds. The zero-order chi connectivity index (χ0) is 20.4. The molecule has 1 aromatic rings. The molecular formula is C21H35BN2O2S. The van der Waals surface area contributed by atoms with E-state index in [1.54, 1.807) is 19.2 Å². The summed E-state index contributed by atoms with van der Waals surface area (Å²) in [6, 6.07) is 10.1. The van der Waals surface area contributed by atoms with Crippen molar-refractivity contribution in [1.82, 2.24) is 9.12 Å². The predicted molar refractivity (Wildman–Crippen MR) is 118 cm³/mol. The Morgan fingerprint density at radius 2 is 1.85 bits per heavy atom. The summed E-state index contributed by atoms with van der Waals surface area (Å²) in [5, 5.41) is 0.309. The summed E-state index contributed by atoms with van der Waals surface area (Å²) in [4.78, 5) is 1.87. The monoisotopic (exact) mass is 390 g/mol. The second-order valence-corrected chi connectivity index (χ2v) is 9.20. The minimum absolute atomic E-state index is 0.144. The van der Waals surface area contributed by atoms with Crippen LogP contribution < -0.4 is 0 Å². The van der Waals surface area contributed by atoms with Gasteiger partial charge in [0, 0.05) is 13.1 Å². The van der Waals surface area contributed by atoms with Gasteiger partial charge in [-0.15, -0.1) is 0 Å². The minimum Gasteiger partial charge on any atom is -0.362 e. The largest absolute Gasteiger partial charge is 0.362 e. The van der Waals surface area contributed by atoms with Crippen molar-refractivity contribution >= 4 is 16.9 Å². The number of unbranched alkanes of at least 4 members (excludes halogenated alkanes) is 2. The van der Waals surface area contributed by atoms with Crippen molar-refractivity contribution in [3.05, 3.63) is 59.7 Å². The van der Waals surface area contributed by atoms with Crippen LogP contribution in [0.25, 0.3) is 0 Å². The van der Waals surface area contributed by atoms with E-state index in [-0.39, 0.29) is 12.9 Å². The third kappa shape index (κ3) is 6.85. The minimum atomic E-state index is -3.61. The lowest BCUT2D eigenvalue weighted by Gasteiger charge is -2.32. The average Bonchev–Trinajstić information content (AvgIpc) is 2.65. The van der Waals surface area contributed by atoms with Crippen LogP contribution in [-0.4, -0.2) is 44.5 Å². The first kappa shape index (κ1) is 23.5. The highest BCUT2D eigenvalue weighted by Gasteiger charge is 2.32. The lowest BCUT2D eigenvalue weighted by atomic mass is 9.60. The number of rotatable bonds is 12. The van der Waals surface area contributed by atoms with Crippen LogP contribution in [0.1, 0.15) is 45.1 Å². The third-order valence-corrected chi connectivity index (χ3v) is 7.20. The van der Waals surface area contributed by atoms with E-state index in [1.165, 1.54) is 10.6 Å². The molecule has 0 spiro atoms. The van der Waals surface area contributed by atoms with Crippen molar-refractivity contribution in [3.63, 3.8) is 0 Å². The Morgan fingerprint density at radius 3 is 2.41 bits per heavy atom. The zero-order valence-electron chi connectivity index (χ0n) is 17.6. The van der Waals surface area contributed by atoms with E-state index in [0.29, 0.717) is 11.3 Å². The maximum Gasteiger partial charge on any atom is 0.248 e. The molecule has 0 heterocycles. The molecule has 0 aliphatic carbocycles. The predicted octanol–water partition coefficient (Wildman–Crippen LogP) is 4.58. The highest BCUT2D eigenvalue weighted by molar-refractivity contribution is 7.94. The van der Waals surface area contributed by atoms with Crippen molar-refractivity contribution in [3.8, 4) is 0 Å². The first-order valence-electron chi connectivity index (χ1n) is 9.83. The van der Waals surface area contributed by atoms with Gasteiger partial charge >= 0.3 is 0 Å². The summed E-state index contributed by atoms with van der Waals surface area (Å²) in [5.41, 5.74) is 1.13. The molecule has 0 aliphatic heterocycles. The van der Waals surface area contributed by atoms with Gasteiger partial charge in [-0.05, 0) is 32.8 Å². The molecule has 1 aromatic carbocycles. The van der Waals surface area contributed by atoms with E-state index in [1.807, 2.05) is 49.1 Å². The number of benzene rings is 1. The molecule has 150 valence electrons. The first-order valence-corrected chi connectivity index (χ1v) is 11.3. The fourth-order valence-corrected chi connectivity index (χ4v) is 4.71. The van der Waals surface area contributed by atoms with Crippen LogP contribution in [-0.2, 0) is 16.3 Å². The highest BCUT2D eigenvalue weighted by Crippen LogP contribution is 2.22. The Morgan fingerprint density at radius 1 is 1.22 bits per heavy atom. The summed E-state index contributed by atoms with van der Waals surface area (Å²) >= 11 is 0. The lowest BCUT2D eigenvalue weighted by molar-refractivity contribution is 0.312. The molecule has 0 saturated carbocycles. The molecule has 0 N–H and O–H groups in total. The highest BCUT2D eigenvalue weighted by atomic mass is 32.2. The molecule has 0 radical (unpaired) electrons. The number of hydrogen-bond donors (Lipinski definition) is 0. The van der Waals surface area contributed by atoms with Gasteiger partial charge in [-0.1, -0.05) is 81.6 Å². The van der Waals surface area contributed by atoms with Crippen LogP contribution in [0.2, 0.25) is 6.82 Å². The number of allylic oxidation sites excluding steroid dienone is 2. The fourth-order valence-electron chi connectivity index (χ4n) is 3.06. The number of hydrogen-bond acceptors (Lipinski definition) is 3. The Balaban J connectivity index is 2.96. The summed E-state index contributed by atoms with van der Waals surface area (Å²) in [5.74, 6) is 0. The molecule has 1 atom stereocenters. The normalized spacial score (nSPS) is 13.5. The topological polar surface area (TPSA) is 40.6 Å². The van der Waals surface area contributed by atoms with Gasteiger partial charge in [-0.25, -0.2) is 12.6 Å². The quantitative estimate of drug-likeness (QED) is 0.298. The lowest BCUT2D eigenvalue weighted by Crippen LogP contribution is -2.44. The second kappa shape index (κ2) is 11.3. The molecule has 0 aromatic heterocycles. The first-order chi connectivity index (χ1) is 12.8. The SMILES string of the molecule is C=C/C=C(\N(C)C(C)CCCCC)S(=O)(=O)N(C)B(C)Cc1ccccc1. The van der Waals surface area contributed by atoms with E-state index >= 15 is 0 Å². The molecule has 0 fully saturated rings. The maximum atomic E-state index is 13.3. The molecule has 1 unspecified atom stereocenters. The van der Waals surface area contributed by atoms with Gasteiger partial charge in [-0.3, -0.25) is 0 Å². The van der Waals surface area contributed by atoms with E-state index in [9.17, 15) is 8.42 Å². The number of sulfonamides is 1. The summed E-state index contributed by atoms with van der Waals surface area (Å²) in [6.07, 6.45) is 8.23. The standard InChI is InChI=1S/C21H35BN2O2S/c1-7-9-11-15-19(3)23(5)21(14-8-2)27(25,26)24(6)22(4)18-20-16-12-10-13-17-20/h8,10,12-14,16-17,19H,2,7,9,11,15,18H2,1,3-6H3/b21-14+. The van der Waals surface area contributed by atoms with Gasteiger partial charge in [0.2, 0.25) is 16.9 Å². The van der Waals surface area contributed by atoms with Crippen molar-refractivity contribution in [2.45, 2.75) is 58.7 Å². The van der Waals surface area contributed by atoms with Crippen molar-refractivity contribution < 1.29 is 8.42 Å². The van der Waals surface area contributed by atoms with Gasteiger partial charge in [0.25, 0.3) is 0 Å². The maximum absolute atomic E-state index is 13.3. The smallest absolute Gasteiger partial charge is 0.248 e. The van der Waals surface area contributed by atoms with Crippen LogP contribution in [0.3, 0.4) is 0 Å². The third-order valence-electron chi connectivity index (χ3n) is 5.13. The van der Waals surface area contributed by atoms with Crippen LogP contribution in [0.15, 0.2) is 54.1 Å². The molecule has 6 heteroatoms. The van der Waals surface area contributed by atoms with Gasteiger partial charge in [0.15, 0.2) is 0 Å². The van der Waals surface area contributed by atoms with E-state index in [4.69, 9.17) is 0 Å². The number of nitrogens with zero attached hydrogens (tertiary/aromatic N) is 2. The van der Waals surface area contributed by atoms with Crippen molar-refractivity contribution in [2.24, 2.45) is 0 Å². The van der Waals surface area contributed by atoms with Gasteiger partial charge in [0.1, 0.15) is 5.03 Å². The van der Waals surface area contributed by atoms with E-state index < -0.39 is 10.0 Å². The Bertz CT molecular complexity index is 704. The van der Waals surface area contributed by atoms with Crippen LogP contribution in [0.5, 0.6) is 0 Å². The molecule has 0 saturated heterocycles. The van der Waals surface area contributed by atoms with Crippen LogP contribution >= 0.6 is 0 Å². The van der Waals surface area contributed by atoms with Gasteiger partial charge in [-0.2, -0.15) is 0 Å². The molecule has 1 rings (SSSR count). The molecule has 0 bridgehead atoms. The van der Waals surface area contributed by atoms with Gasteiger partial charge in [0.05, 0.1) is 0 Å². The molecular weight excluding hydrogens is 355 g/mol. The van der Waals surface area contributed by atoms with Gasteiger partial charge < -0.3 is 4.90 Å². The van der Waals surface area contributed by atoms with Crippen molar-refractivity contribution in [2.75, 3.05) is 14.1 Å². The van der Waals surface area contributed by atoms with Crippen LogP contribution in [0.4, 0.5) is 0 Å². The summed E-state index contributed by atoms with van der Waals surface area (Å²) in [6.45, 7) is 9.77.